The minimum Gasteiger partial charge on any atom is -0.497 e. The maximum absolute atomic E-state index is 12.9. The number of amides is 2. The third kappa shape index (κ3) is 5.47. The summed E-state index contributed by atoms with van der Waals surface area (Å²) < 4.78 is 36.2. The van der Waals surface area contributed by atoms with Gasteiger partial charge in [-0.2, -0.15) is 0 Å². The molecule has 2 aromatic rings. The van der Waals surface area contributed by atoms with Crippen molar-refractivity contribution in [2.75, 3.05) is 44.6 Å². The van der Waals surface area contributed by atoms with E-state index in [1.165, 1.54) is 26.5 Å². The van der Waals surface area contributed by atoms with Gasteiger partial charge >= 0.3 is 0 Å². The first-order valence-corrected chi connectivity index (χ1v) is 11.8. The Hall–Kier alpha value is -4.37. The SMILES string of the molecule is C=CC(=O)N1CCC(N2N[C@@H](C#Cc3cc(OC)cc(OC)c3)c3c(N)ncc(C(=O)NCC(F)F)c32)C1. The second kappa shape index (κ2) is 11.4. The fourth-order valence-corrected chi connectivity index (χ4v) is 4.48. The number of benzene rings is 1. The lowest BCUT2D eigenvalue weighted by molar-refractivity contribution is -0.125. The van der Waals surface area contributed by atoms with Crippen molar-refractivity contribution in [2.24, 2.45) is 0 Å². The van der Waals surface area contributed by atoms with Crippen LogP contribution in [0, 0.1) is 11.8 Å². The number of nitrogen functional groups attached to an aromatic ring is 1. The Morgan fingerprint density at radius 3 is 2.66 bits per heavy atom. The third-order valence-electron chi connectivity index (χ3n) is 6.31. The summed E-state index contributed by atoms with van der Waals surface area (Å²) in [4.78, 5) is 30.9. The fourth-order valence-electron chi connectivity index (χ4n) is 4.48. The van der Waals surface area contributed by atoms with Crippen LogP contribution in [0.1, 0.15) is 33.9 Å². The summed E-state index contributed by atoms with van der Waals surface area (Å²) >= 11 is 0. The first kappa shape index (κ1) is 26.7. The van der Waals surface area contributed by atoms with Gasteiger partial charge in [-0.25, -0.2) is 19.2 Å². The van der Waals surface area contributed by atoms with E-state index in [4.69, 9.17) is 15.2 Å². The second-order valence-electron chi connectivity index (χ2n) is 8.65. The van der Waals surface area contributed by atoms with Crippen LogP contribution in [0.3, 0.4) is 0 Å². The average Bonchev–Trinajstić information content (AvgIpc) is 3.56. The molecule has 1 saturated heterocycles. The second-order valence-corrected chi connectivity index (χ2v) is 8.65. The highest BCUT2D eigenvalue weighted by atomic mass is 19.3. The zero-order valence-electron chi connectivity index (χ0n) is 21.0. The van der Waals surface area contributed by atoms with Crippen molar-refractivity contribution in [1.82, 2.24) is 20.6 Å². The summed E-state index contributed by atoms with van der Waals surface area (Å²) in [6, 6.07) is 4.29. The normalized spacial score (nSPS) is 18.0. The van der Waals surface area contributed by atoms with E-state index in [1.54, 1.807) is 28.1 Å². The van der Waals surface area contributed by atoms with E-state index < -0.39 is 24.9 Å². The van der Waals surface area contributed by atoms with Gasteiger partial charge in [-0.3, -0.25) is 9.59 Å². The molecule has 0 bridgehead atoms. The Kier molecular flexibility index (Phi) is 7.97. The van der Waals surface area contributed by atoms with Crippen molar-refractivity contribution in [3.8, 4) is 23.3 Å². The molecule has 2 atom stereocenters. The number of carbonyl (C=O) groups is 2. The number of rotatable bonds is 7. The minimum absolute atomic E-state index is 0.0724. The van der Waals surface area contributed by atoms with Gasteiger partial charge in [0.2, 0.25) is 5.91 Å². The number of nitrogens with one attached hydrogen (secondary N) is 2. The topological polar surface area (TPSA) is 122 Å². The number of methoxy groups -OCH3 is 2. The summed E-state index contributed by atoms with van der Waals surface area (Å²) in [6.07, 6.45) is 0.373. The van der Waals surface area contributed by atoms with E-state index in [0.717, 1.165) is 0 Å². The zero-order valence-corrected chi connectivity index (χ0v) is 21.0. The van der Waals surface area contributed by atoms with Crippen molar-refractivity contribution in [3.05, 3.63) is 53.7 Å². The summed E-state index contributed by atoms with van der Waals surface area (Å²) in [6.45, 7) is 3.57. The van der Waals surface area contributed by atoms with Crippen LogP contribution in [0.15, 0.2) is 37.1 Å². The Morgan fingerprint density at radius 1 is 1.32 bits per heavy atom. The zero-order chi connectivity index (χ0) is 27.4. The number of ether oxygens (including phenoxy) is 2. The molecule has 2 aliphatic rings. The van der Waals surface area contributed by atoms with Gasteiger partial charge in [0.25, 0.3) is 12.3 Å². The number of halogens is 2. The van der Waals surface area contributed by atoms with E-state index in [2.05, 4.69) is 34.1 Å². The number of hydrogen-bond acceptors (Lipinski definition) is 8. The summed E-state index contributed by atoms with van der Waals surface area (Å²) in [5.74, 6) is 6.55. The lowest BCUT2D eigenvalue weighted by Gasteiger charge is -2.28. The fraction of sp³-hybridized carbons (Fsp3) is 0.346. The lowest BCUT2D eigenvalue weighted by Crippen LogP contribution is -2.45. The molecule has 2 amide bonds. The number of nitrogens with zero attached hydrogens (tertiary/aromatic N) is 3. The van der Waals surface area contributed by atoms with Gasteiger partial charge in [0.15, 0.2) is 0 Å². The van der Waals surface area contributed by atoms with Gasteiger partial charge in [-0.1, -0.05) is 18.4 Å². The van der Waals surface area contributed by atoms with E-state index in [0.29, 0.717) is 47.8 Å². The summed E-state index contributed by atoms with van der Waals surface area (Å²) in [5, 5.41) is 3.97. The number of nitrogens with two attached hydrogens (primary N) is 1. The summed E-state index contributed by atoms with van der Waals surface area (Å²) in [7, 11) is 3.07. The van der Waals surface area contributed by atoms with Gasteiger partial charge in [0.05, 0.1) is 43.6 Å². The van der Waals surface area contributed by atoms with Crippen LogP contribution in [-0.4, -0.2) is 68.0 Å². The Morgan fingerprint density at radius 2 is 2.03 bits per heavy atom. The third-order valence-corrected chi connectivity index (χ3v) is 6.31. The number of hydrazine groups is 1. The first-order valence-electron chi connectivity index (χ1n) is 11.8. The molecule has 2 aliphatic heterocycles. The molecule has 0 aliphatic carbocycles. The standard InChI is InChI=1S/C26H28F2N6O4/c1-4-22(35)33-8-7-16(14-33)34-24-19(26(36)31-13-21(27)28)12-30-25(29)23(24)20(32-34)6-5-15-9-17(37-2)11-18(10-15)38-3/h4,9-12,16,20-21,32H,1,7-8,13-14H2,2-3H3,(H2,29,30)(H,31,36)/t16?,20-/m0/s1. The largest absolute Gasteiger partial charge is 0.497 e. The lowest BCUT2D eigenvalue weighted by atomic mass is 10.0. The molecule has 1 fully saturated rings. The van der Waals surface area contributed by atoms with E-state index in [9.17, 15) is 18.4 Å². The molecule has 1 aromatic carbocycles. The molecule has 12 heteroatoms. The Balaban J connectivity index is 1.75. The molecule has 3 heterocycles. The number of anilines is 2. The number of likely N-dealkylation sites (tertiary alicyclic amines) is 1. The molecular weight excluding hydrogens is 498 g/mol. The van der Waals surface area contributed by atoms with E-state index >= 15 is 0 Å². The van der Waals surface area contributed by atoms with Crippen molar-refractivity contribution in [2.45, 2.75) is 24.9 Å². The highest BCUT2D eigenvalue weighted by Gasteiger charge is 2.40. The molecule has 1 aromatic heterocycles. The molecule has 4 rings (SSSR count). The van der Waals surface area contributed by atoms with Gasteiger partial charge in [-0.15, -0.1) is 0 Å². The molecule has 0 spiro atoms. The highest BCUT2D eigenvalue weighted by Crippen LogP contribution is 2.41. The number of fused-ring (bicyclic) bond motifs is 1. The molecule has 38 heavy (non-hydrogen) atoms. The number of hydrogen-bond donors (Lipinski definition) is 3. The molecular formula is C26H28F2N6O4. The highest BCUT2D eigenvalue weighted by molar-refractivity contribution is 6.01. The predicted octanol–water partition coefficient (Wildman–Crippen LogP) is 1.88. The average molecular weight is 527 g/mol. The molecule has 0 radical (unpaired) electrons. The molecule has 1 unspecified atom stereocenters. The number of carbonyl (C=O) groups excluding carboxylic acids is 2. The van der Waals surface area contributed by atoms with Crippen LogP contribution >= 0.6 is 0 Å². The molecule has 10 nitrogen and oxygen atoms in total. The first-order chi connectivity index (χ1) is 18.2. The van der Waals surface area contributed by atoms with Crippen LogP contribution in [0.5, 0.6) is 11.5 Å². The Labute approximate surface area is 218 Å². The van der Waals surface area contributed by atoms with E-state index in [1.807, 2.05) is 0 Å². The van der Waals surface area contributed by atoms with Crippen LogP contribution in [-0.2, 0) is 4.79 Å². The van der Waals surface area contributed by atoms with Crippen LogP contribution in [0.4, 0.5) is 20.3 Å². The smallest absolute Gasteiger partial charge is 0.255 e. The maximum atomic E-state index is 12.9. The van der Waals surface area contributed by atoms with Crippen molar-refractivity contribution < 1.29 is 27.8 Å². The van der Waals surface area contributed by atoms with Crippen molar-refractivity contribution in [3.63, 3.8) is 0 Å². The molecule has 200 valence electrons. The number of pyridine rings is 1. The number of alkyl halides is 2. The van der Waals surface area contributed by atoms with Crippen LogP contribution in [0.25, 0.3) is 0 Å². The van der Waals surface area contributed by atoms with Crippen molar-refractivity contribution >= 4 is 23.3 Å². The van der Waals surface area contributed by atoms with Gasteiger partial charge in [-0.05, 0) is 24.6 Å². The summed E-state index contributed by atoms with van der Waals surface area (Å²) in [5.41, 5.74) is 11.1. The van der Waals surface area contributed by atoms with Crippen molar-refractivity contribution in [1.29, 1.82) is 0 Å². The molecule has 4 N–H and O–H groups in total. The quantitative estimate of drug-likeness (QED) is 0.369. The Bertz CT molecular complexity index is 1290. The molecule has 0 saturated carbocycles. The maximum Gasteiger partial charge on any atom is 0.255 e. The van der Waals surface area contributed by atoms with Crippen LogP contribution in [0.2, 0.25) is 0 Å². The van der Waals surface area contributed by atoms with Gasteiger partial charge in [0, 0.05) is 30.9 Å². The number of aromatic nitrogens is 1. The minimum atomic E-state index is -2.71. The monoisotopic (exact) mass is 526 g/mol. The van der Waals surface area contributed by atoms with Crippen LogP contribution < -0.4 is 31.0 Å². The van der Waals surface area contributed by atoms with E-state index in [-0.39, 0.29) is 23.3 Å². The predicted molar refractivity (Wildman–Crippen MR) is 137 cm³/mol. The van der Waals surface area contributed by atoms with Gasteiger partial charge < -0.3 is 30.4 Å². The van der Waals surface area contributed by atoms with Gasteiger partial charge in [0.1, 0.15) is 23.4 Å².